The number of piperazine rings is 1. The van der Waals surface area contributed by atoms with Crippen molar-refractivity contribution in [3.8, 4) is 17.0 Å². The maximum absolute atomic E-state index is 5.31. The van der Waals surface area contributed by atoms with Gasteiger partial charge in [0, 0.05) is 55.6 Å². The predicted octanol–water partition coefficient (Wildman–Crippen LogP) is 4.34. The summed E-state index contributed by atoms with van der Waals surface area (Å²) in [5, 5.41) is 5.00. The summed E-state index contributed by atoms with van der Waals surface area (Å²) in [6, 6.07) is 20.9. The van der Waals surface area contributed by atoms with Gasteiger partial charge >= 0.3 is 0 Å². The van der Waals surface area contributed by atoms with Crippen molar-refractivity contribution in [1.29, 1.82) is 0 Å². The van der Waals surface area contributed by atoms with Crippen LogP contribution in [0.4, 0.5) is 5.82 Å². The smallest absolute Gasteiger partial charge is 0.161 e. The largest absolute Gasteiger partial charge is 0.497 e. The normalized spacial score (nSPS) is 14.8. The third-order valence-electron chi connectivity index (χ3n) is 6.24. The SMILES string of the molecule is COc1ccc(-c2nn3c(N4CCN(Cc5ccccc5)CC4)cc(C)nc3c2C)cc1. The molecule has 1 aliphatic rings. The summed E-state index contributed by atoms with van der Waals surface area (Å²) in [5.74, 6) is 1.97. The summed E-state index contributed by atoms with van der Waals surface area (Å²) in [7, 11) is 1.68. The van der Waals surface area contributed by atoms with Gasteiger partial charge in [-0.05, 0) is 43.7 Å². The van der Waals surface area contributed by atoms with Crippen molar-refractivity contribution in [2.75, 3.05) is 38.2 Å². The van der Waals surface area contributed by atoms with E-state index >= 15 is 0 Å². The second kappa shape index (κ2) is 8.63. The van der Waals surface area contributed by atoms with Crippen LogP contribution in [0.3, 0.4) is 0 Å². The molecule has 6 nitrogen and oxygen atoms in total. The number of aromatic nitrogens is 3. The molecule has 6 heteroatoms. The fourth-order valence-corrected chi connectivity index (χ4v) is 4.45. The molecule has 3 heterocycles. The standard InChI is InChI=1S/C26H29N5O/c1-19-17-24(30-15-13-29(14-16-30)18-21-7-5-4-6-8-21)31-26(27-19)20(2)25(28-31)22-9-11-23(32-3)12-10-22/h4-12,17H,13-16,18H2,1-3H3. The van der Waals surface area contributed by atoms with Crippen LogP contribution >= 0.6 is 0 Å². The van der Waals surface area contributed by atoms with Gasteiger partial charge in [0.25, 0.3) is 0 Å². The lowest BCUT2D eigenvalue weighted by Gasteiger charge is -2.36. The minimum Gasteiger partial charge on any atom is -0.497 e. The van der Waals surface area contributed by atoms with E-state index in [1.54, 1.807) is 7.11 Å². The number of rotatable bonds is 5. The first-order chi connectivity index (χ1) is 15.6. The zero-order valence-corrected chi connectivity index (χ0v) is 19.0. The summed E-state index contributed by atoms with van der Waals surface area (Å²) in [6.07, 6.45) is 0. The zero-order valence-electron chi connectivity index (χ0n) is 19.0. The number of nitrogens with zero attached hydrogens (tertiary/aromatic N) is 5. The van der Waals surface area contributed by atoms with Gasteiger partial charge in [-0.3, -0.25) is 4.90 Å². The lowest BCUT2D eigenvalue weighted by molar-refractivity contribution is 0.249. The molecule has 0 atom stereocenters. The molecular formula is C26H29N5O. The van der Waals surface area contributed by atoms with Gasteiger partial charge in [-0.1, -0.05) is 30.3 Å². The van der Waals surface area contributed by atoms with E-state index in [4.69, 9.17) is 14.8 Å². The average molecular weight is 428 g/mol. The Labute approximate surface area is 189 Å². The second-order valence-electron chi connectivity index (χ2n) is 8.44. The molecule has 1 fully saturated rings. The van der Waals surface area contributed by atoms with E-state index in [0.29, 0.717) is 0 Å². The van der Waals surface area contributed by atoms with E-state index in [1.807, 2.05) is 16.6 Å². The highest BCUT2D eigenvalue weighted by Crippen LogP contribution is 2.29. The Kier molecular flexibility index (Phi) is 5.53. The highest BCUT2D eigenvalue weighted by molar-refractivity contribution is 5.72. The number of methoxy groups -OCH3 is 1. The number of anilines is 1. The lowest BCUT2D eigenvalue weighted by Crippen LogP contribution is -2.46. The molecule has 0 radical (unpaired) electrons. The van der Waals surface area contributed by atoms with E-state index in [-0.39, 0.29) is 0 Å². The average Bonchev–Trinajstić information content (AvgIpc) is 3.16. The Bertz CT molecular complexity index is 1210. The van der Waals surface area contributed by atoms with Crippen molar-refractivity contribution in [2.45, 2.75) is 20.4 Å². The number of aryl methyl sites for hydroxylation is 2. The zero-order chi connectivity index (χ0) is 22.1. The maximum Gasteiger partial charge on any atom is 0.161 e. The number of fused-ring (bicyclic) bond motifs is 1. The number of hydrogen-bond donors (Lipinski definition) is 0. The first kappa shape index (κ1) is 20.5. The van der Waals surface area contributed by atoms with Crippen LogP contribution in [-0.2, 0) is 6.54 Å². The molecule has 5 rings (SSSR count). The molecule has 0 aliphatic carbocycles. The molecule has 0 N–H and O–H groups in total. The molecule has 1 aliphatic heterocycles. The minimum atomic E-state index is 0.846. The highest BCUT2D eigenvalue weighted by atomic mass is 16.5. The van der Waals surface area contributed by atoms with Crippen LogP contribution in [-0.4, -0.2) is 52.8 Å². The second-order valence-corrected chi connectivity index (χ2v) is 8.44. The molecule has 0 saturated carbocycles. The van der Waals surface area contributed by atoms with Gasteiger partial charge in [-0.25, -0.2) is 4.98 Å². The lowest BCUT2D eigenvalue weighted by atomic mass is 10.1. The molecule has 1 saturated heterocycles. The Hall–Kier alpha value is -3.38. The molecular weight excluding hydrogens is 398 g/mol. The van der Waals surface area contributed by atoms with Crippen molar-refractivity contribution in [3.63, 3.8) is 0 Å². The van der Waals surface area contributed by atoms with Gasteiger partial charge in [-0.15, -0.1) is 0 Å². The van der Waals surface area contributed by atoms with Gasteiger partial charge < -0.3 is 9.64 Å². The van der Waals surface area contributed by atoms with Crippen molar-refractivity contribution in [3.05, 3.63) is 77.5 Å². The number of ether oxygens (including phenoxy) is 1. The highest BCUT2D eigenvalue weighted by Gasteiger charge is 2.22. The molecule has 164 valence electrons. The molecule has 2 aromatic heterocycles. The summed E-state index contributed by atoms with van der Waals surface area (Å²) in [4.78, 5) is 9.78. The van der Waals surface area contributed by atoms with Gasteiger partial charge in [0.05, 0.1) is 12.8 Å². The van der Waals surface area contributed by atoms with E-state index in [0.717, 1.165) is 72.5 Å². The fraction of sp³-hybridized carbons (Fsp3) is 0.308. The summed E-state index contributed by atoms with van der Waals surface area (Å²) < 4.78 is 7.33. The van der Waals surface area contributed by atoms with Crippen LogP contribution in [0.25, 0.3) is 16.9 Å². The van der Waals surface area contributed by atoms with Crippen LogP contribution in [0.1, 0.15) is 16.8 Å². The molecule has 4 aromatic rings. The number of hydrogen-bond acceptors (Lipinski definition) is 5. The third kappa shape index (κ3) is 3.94. The third-order valence-corrected chi connectivity index (χ3v) is 6.24. The Morgan fingerprint density at radius 1 is 0.906 bits per heavy atom. The monoisotopic (exact) mass is 427 g/mol. The summed E-state index contributed by atoms with van der Waals surface area (Å²) >= 11 is 0. The molecule has 2 aromatic carbocycles. The Balaban J connectivity index is 1.41. The van der Waals surface area contributed by atoms with Crippen LogP contribution in [0.2, 0.25) is 0 Å². The summed E-state index contributed by atoms with van der Waals surface area (Å²) in [6.45, 7) is 9.18. The van der Waals surface area contributed by atoms with Gasteiger partial charge in [0.1, 0.15) is 11.6 Å². The minimum absolute atomic E-state index is 0.846. The van der Waals surface area contributed by atoms with Crippen molar-refractivity contribution >= 4 is 11.5 Å². The van der Waals surface area contributed by atoms with Crippen LogP contribution < -0.4 is 9.64 Å². The topological polar surface area (TPSA) is 45.9 Å². The van der Waals surface area contributed by atoms with Crippen molar-refractivity contribution in [1.82, 2.24) is 19.5 Å². The summed E-state index contributed by atoms with van der Waals surface area (Å²) in [5.41, 5.74) is 6.46. The van der Waals surface area contributed by atoms with Crippen LogP contribution in [0.5, 0.6) is 5.75 Å². The first-order valence-corrected chi connectivity index (χ1v) is 11.1. The quantitative estimate of drug-likeness (QED) is 0.474. The molecule has 32 heavy (non-hydrogen) atoms. The van der Waals surface area contributed by atoms with Crippen LogP contribution in [0, 0.1) is 13.8 Å². The fourth-order valence-electron chi connectivity index (χ4n) is 4.45. The van der Waals surface area contributed by atoms with Gasteiger partial charge in [0.2, 0.25) is 0 Å². The van der Waals surface area contributed by atoms with E-state index in [1.165, 1.54) is 5.56 Å². The van der Waals surface area contributed by atoms with Crippen molar-refractivity contribution < 1.29 is 4.74 Å². The molecule has 0 amide bonds. The van der Waals surface area contributed by atoms with E-state index in [9.17, 15) is 0 Å². The Morgan fingerprint density at radius 2 is 1.62 bits per heavy atom. The van der Waals surface area contributed by atoms with Gasteiger partial charge in [0.15, 0.2) is 5.65 Å². The first-order valence-electron chi connectivity index (χ1n) is 11.1. The van der Waals surface area contributed by atoms with Crippen molar-refractivity contribution in [2.24, 2.45) is 0 Å². The molecule has 0 spiro atoms. The Morgan fingerprint density at radius 3 is 2.31 bits per heavy atom. The van der Waals surface area contributed by atoms with E-state index < -0.39 is 0 Å². The maximum atomic E-state index is 5.31. The number of benzene rings is 2. The molecule has 0 unspecified atom stereocenters. The van der Waals surface area contributed by atoms with Gasteiger partial charge in [-0.2, -0.15) is 9.61 Å². The molecule has 0 bridgehead atoms. The predicted molar refractivity (Wildman–Crippen MR) is 128 cm³/mol. The van der Waals surface area contributed by atoms with E-state index in [2.05, 4.69) is 72.2 Å². The van der Waals surface area contributed by atoms with Crippen LogP contribution in [0.15, 0.2) is 60.7 Å².